The molecule has 1 aromatic heterocycles. The van der Waals surface area contributed by atoms with E-state index in [1.807, 2.05) is 49.3 Å². The van der Waals surface area contributed by atoms with Gasteiger partial charge in [-0.25, -0.2) is 4.79 Å². The second-order valence-corrected chi connectivity index (χ2v) is 14.7. The normalized spacial score (nSPS) is 20.7. The number of likely N-dealkylation sites (tertiary alicyclic amines) is 2. The van der Waals surface area contributed by atoms with E-state index in [0.29, 0.717) is 51.1 Å². The highest BCUT2D eigenvalue weighted by molar-refractivity contribution is 5.86. The Hall–Kier alpha value is -4.54. The number of carbonyl (C=O) groups excluding carboxylic acids is 2. The van der Waals surface area contributed by atoms with E-state index in [9.17, 15) is 19.5 Å². The maximum Gasteiger partial charge on any atom is 0.407 e. The van der Waals surface area contributed by atoms with Crippen molar-refractivity contribution >= 4 is 23.6 Å². The first-order valence-electron chi connectivity index (χ1n) is 17.3. The topological polar surface area (TPSA) is 122 Å². The summed E-state index contributed by atoms with van der Waals surface area (Å²) in [6, 6.07) is 16.6. The molecule has 2 aromatic carbocycles. The Morgan fingerprint density at radius 2 is 1.75 bits per heavy atom. The molecule has 1 unspecified atom stereocenters. The fourth-order valence-corrected chi connectivity index (χ4v) is 7.69. The molecule has 3 amide bonds. The first kappa shape index (κ1) is 32.0. The fraction of sp³-hybridized carbons (Fsp3) is 0.514. The van der Waals surface area contributed by atoms with Gasteiger partial charge in [0.05, 0.1) is 12.1 Å². The van der Waals surface area contributed by atoms with Gasteiger partial charge in [-0.05, 0) is 75.6 Å². The number of aromatic nitrogens is 2. The van der Waals surface area contributed by atoms with Crippen LogP contribution in [0.3, 0.4) is 0 Å². The van der Waals surface area contributed by atoms with Gasteiger partial charge >= 0.3 is 6.09 Å². The Bertz CT molecular complexity index is 1620. The second-order valence-electron chi connectivity index (χ2n) is 14.7. The molecule has 4 aliphatic rings. The van der Waals surface area contributed by atoms with Crippen molar-refractivity contribution < 1.29 is 24.2 Å². The van der Waals surface area contributed by atoms with Crippen LogP contribution < -0.4 is 9.64 Å². The molecule has 1 atom stereocenters. The molecule has 4 fully saturated rings. The van der Waals surface area contributed by atoms with Crippen LogP contribution in [0.15, 0.2) is 60.9 Å². The van der Waals surface area contributed by atoms with Crippen molar-refractivity contribution in [2.24, 2.45) is 11.3 Å². The van der Waals surface area contributed by atoms with Crippen LogP contribution in [0, 0.1) is 11.3 Å². The number of piperidine rings is 2. The molecule has 48 heavy (non-hydrogen) atoms. The molecule has 1 spiro atoms. The van der Waals surface area contributed by atoms with Gasteiger partial charge in [0.15, 0.2) is 5.60 Å². The lowest BCUT2D eigenvalue weighted by Crippen LogP contribution is -2.65. The summed E-state index contributed by atoms with van der Waals surface area (Å²) in [7, 11) is 0. The molecular weight excluding hydrogens is 608 g/mol. The molecule has 7 rings (SSSR count). The van der Waals surface area contributed by atoms with Crippen molar-refractivity contribution in [3.63, 3.8) is 0 Å². The SMILES string of the molecule is CC(C)(Oc1cccc(N2CCCC(C(=O)N(Cc3ccc(-c4cn[nH]c4)cc3)C3CC3)C2)c1)C(=O)N1CC2(CCN(C(=O)O)CC2)C1. The third-order valence-electron chi connectivity index (χ3n) is 10.7. The predicted molar refractivity (Wildman–Crippen MR) is 182 cm³/mol. The summed E-state index contributed by atoms with van der Waals surface area (Å²) in [5, 5.41) is 16.2. The summed E-state index contributed by atoms with van der Waals surface area (Å²) in [6.45, 7) is 8.09. The molecule has 0 radical (unpaired) electrons. The molecule has 3 aliphatic heterocycles. The first-order chi connectivity index (χ1) is 23.1. The van der Waals surface area contributed by atoms with Gasteiger partial charge in [0.2, 0.25) is 5.91 Å². The summed E-state index contributed by atoms with van der Waals surface area (Å²) in [4.78, 5) is 46.5. The summed E-state index contributed by atoms with van der Waals surface area (Å²) in [6.07, 6.45) is 8.32. The molecule has 3 aromatic rings. The van der Waals surface area contributed by atoms with E-state index in [1.165, 1.54) is 4.90 Å². The lowest BCUT2D eigenvalue weighted by atomic mass is 9.71. The van der Waals surface area contributed by atoms with E-state index >= 15 is 0 Å². The van der Waals surface area contributed by atoms with Crippen molar-refractivity contribution in [1.82, 2.24) is 24.9 Å². The third kappa shape index (κ3) is 6.73. The minimum absolute atomic E-state index is 0.0141. The van der Waals surface area contributed by atoms with Gasteiger partial charge in [-0.15, -0.1) is 0 Å². The van der Waals surface area contributed by atoms with Gasteiger partial charge in [-0.2, -0.15) is 5.10 Å². The Morgan fingerprint density at radius 3 is 2.42 bits per heavy atom. The van der Waals surface area contributed by atoms with Gasteiger partial charge in [-0.3, -0.25) is 14.7 Å². The molecule has 11 heteroatoms. The quantitative estimate of drug-likeness (QED) is 0.324. The van der Waals surface area contributed by atoms with E-state index in [2.05, 4.69) is 50.3 Å². The number of H-pyrrole nitrogens is 1. The number of nitrogens with zero attached hydrogens (tertiary/aromatic N) is 5. The number of rotatable bonds is 9. The fourth-order valence-electron chi connectivity index (χ4n) is 7.69. The van der Waals surface area contributed by atoms with Crippen LogP contribution in [-0.4, -0.2) is 98.8 Å². The number of hydrogen-bond donors (Lipinski definition) is 2. The number of hydrogen-bond acceptors (Lipinski definition) is 6. The minimum atomic E-state index is -1.05. The number of amides is 3. The summed E-state index contributed by atoms with van der Waals surface area (Å²) in [5.74, 6) is 0.733. The number of ether oxygens (including phenoxy) is 1. The summed E-state index contributed by atoms with van der Waals surface area (Å²) < 4.78 is 6.34. The predicted octanol–water partition coefficient (Wildman–Crippen LogP) is 5.24. The van der Waals surface area contributed by atoms with Crippen molar-refractivity contribution in [2.75, 3.05) is 44.2 Å². The largest absolute Gasteiger partial charge is 0.478 e. The summed E-state index contributed by atoms with van der Waals surface area (Å²) in [5.41, 5.74) is 3.24. The Labute approximate surface area is 281 Å². The van der Waals surface area contributed by atoms with Crippen LogP contribution in [0.4, 0.5) is 10.5 Å². The standard InChI is InChI=1S/C37H46N6O5/c1-36(2,34(45)42-24-37(25-42)14-17-40(18-15-37)35(46)47)48-32-7-3-6-31(19-32)41-16-4-5-28(23-41)33(44)43(30-12-13-30)22-26-8-10-27(11-9-26)29-20-38-39-21-29/h3,6-11,19-21,28,30H,4-5,12-18,22-25H2,1-2H3,(H,38,39)(H,46,47). The molecular formula is C37H46N6O5. The van der Waals surface area contributed by atoms with Crippen molar-refractivity contribution in [2.45, 2.75) is 70.6 Å². The maximum atomic E-state index is 14.0. The highest BCUT2D eigenvalue weighted by Gasteiger charge is 2.50. The van der Waals surface area contributed by atoms with Crippen molar-refractivity contribution in [3.05, 3.63) is 66.5 Å². The molecule has 11 nitrogen and oxygen atoms in total. The van der Waals surface area contributed by atoms with Crippen LogP contribution >= 0.6 is 0 Å². The smallest absolute Gasteiger partial charge is 0.407 e. The van der Waals surface area contributed by atoms with E-state index in [4.69, 9.17) is 4.74 Å². The maximum absolute atomic E-state index is 14.0. The molecule has 0 bridgehead atoms. The lowest BCUT2D eigenvalue weighted by Gasteiger charge is -2.54. The molecule has 254 valence electrons. The zero-order valence-corrected chi connectivity index (χ0v) is 27.9. The summed E-state index contributed by atoms with van der Waals surface area (Å²) >= 11 is 0. The zero-order chi connectivity index (χ0) is 33.5. The monoisotopic (exact) mass is 654 g/mol. The van der Waals surface area contributed by atoms with E-state index in [0.717, 1.165) is 67.4 Å². The van der Waals surface area contributed by atoms with E-state index in [-0.39, 0.29) is 23.1 Å². The highest BCUT2D eigenvalue weighted by atomic mass is 16.5. The Balaban J connectivity index is 0.956. The average molecular weight is 655 g/mol. The lowest BCUT2D eigenvalue weighted by molar-refractivity contribution is -0.160. The van der Waals surface area contributed by atoms with Gasteiger partial charge in [0.1, 0.15) is 5.75 Å². The third-order valence-corrected chi connectivity index (χ3v) is 10.7. The molecule has 4 heterocycles. The zero-order valence-electron chi connectivity index (χ0n) is 27.9. The molecule has 1 aliphatic carbocycles. The molecule has 1 saturated carbocycles. The highest BCUT2D eigenvalue weighted by Crippen LogP contribution is 2.42. The number of anilines is 1. The second kappa shape index (κ2) is 12.8. The van der Waals surface area contributed by atoms with Crippen molar-refractivity contribution in [3.8, 4) is 16.9 Å². The van der Waals surface area contributed by atoms with Gasteiger partial charge < -0.3 is 29.4 Å². The van der Waals surface area contributed by atoms with Crippen LogP contribution in [0.2, 0.25) is 0 Å². The number of benzene rings is 2. The number of nitrogens with one attached hydrogen (secondary N) is 1. The van der Waals surface area contributed by atoms with E-state index < -0.39 is 11.7 Å². The van der Waals surface area contributed by atoms with Crippen LogP contribution in [-0.2, 0) is 16.1 Å². The number of aromatic amines is 1. The molecule has 2 N–H and O–H groups in total. The number of carboxylic acid groups (broad SMARTS) is 1. The number of carbonyl (C=O) groups is 3. The van der Waals surface area contributed by atoms with Gasteiger partial charge in [-0.1, -0.05) is 30.3 Å². The Morgan fingerprint density at radius 1 is 1.00 bits per heavy atom. The van der Waals surface area contributed by atoms with E-state index in [1.54, 1.807) is 0 Å². The van der Waals surface area contributed by atoms with Crippen molar-refractivity contribution in [1.29, 1.82) is 0 Å². The van der Waals surface area contributed by atoms with Gasteiger partial charge in [0.25, 0.3) is 5.91 Å². The van der Waals surface area contributed by atoms with Gasteiger partial charge in [0, 0.05) is 80.8 Å². The van der Waals surface area contributed by atoms with Crippen LogP contribution in [0.1, 0.15) is 57.9 Å². The Kier molecular flexibility index (Phi) is 8.55. The molecule has 3 saturated heterocycles. The van der Waals surface area contributed by atoms with Crippen LogP contribution in [0.25, 0.3) is 11.1 Å². The van der Waals surface area contributed by atoms with Crippen LogP contribution in [0.5, 0.6) is 5.75 Å². The first-order valence-corrected chi connectivity index (χ1v) is 17.3. The average Bonchev–Trinajstić information content (AvgIpc) is 3.77. The minimum Gasteiger partial charge on any atom is -0.478 e.